The van der Waals surface area contributed by atoms with Gasteiger partial charge >= 0.3 is 0 Å². The molecule has 2 N–H and O–H groups in total. The van der Waals surface area contributed by atoms with Crippen LogP contribution in [-0.2, 0) is 6.42 Å². The highest BCUT2D eigenvalue weighted by Crippen LogP contribution is 2.36. The Morgan fingerprint density at radius 2 is 1.77 bits per heavy atom. The van der Waals surface area contributed by atoms with Crippen LogP contribution in [0, 0.1) is 6.92 Å². The lowest BCUT2D eigenvalue weighted by Gasteiger charge is -2.10. The summed E-state index contributed by atoms with van der Waals surface area (Å²) in [5, 5.41) is 16.1. The number of aryl methyl sites for hydroxylation is 1. The fraction of sp³-hybridized carbons (Fsp3) is 0.143. The molecule has 4 nitrogen and oxygen atoms in total. The van der Waals surface area contributed by atoms with Crippen LogP contribution in [0.2, 0.25) is 0 Å². The lowest BCUT2D eigenvalue weighted by Crippen LogP contribution is -2.08. The quantitative estimate of drug-likeness (QED) is 0.524. The summed E-state index contributed by atoms with van der Waals surface area (Å²) in [6.45, 7) is 2.69. The van der Waals surface area contributed by atoms with Gasteiger partial charge in [-0.05, 0) is 36.6 Å². The number of anilines is 1. The number of fused-ring (bicyclic) bond motifs is 1. The summed E-state index contributed by atoms with van der Waals surface area (Å²) in [4.78, 5) is 10.3. The van der Waals surface area contributed by atoms with Crippen molar-refractivity contribution in [2.75, 3.05) is 11.9 Å². The van der Waals surface area contributed by atoms with Gasteiger partial charge in [-0.2, -0.15) is 0 Å². The molecule has 0 aliphatic rings. The maximum Gasteiger partial charge on any atom is 0.139 e. The van der Waals surface area contributed by atoms with Crippen LogP contribution in [0.5, 0.6) is 5.75 Å². The van der Waals surface area contributed by atoms with Gasteiger partial charge in [-0.25, -0.2) is 9.97 Å². The minimum absolute atomic E-state index is 0.292. The number of phenolic OH excluding ortho intramolecular Hbond substituents is 1. The Bertz CT molecular complexity index is 1030. The third kappa shape index (κ3) is 3.39. The van der Waals surface area contributed by atoms with Crippen LogP contribution in [0.15, 0.2) is 60.0 Å². The number of aromatic nitrogens is 2. The van der Waals surface area contributed by atoms with Gasteiger partial charge in [0.1, 0.15) is 22.2 Å². The molecule has 4 rings (SSSR count). The van der Waals surface area contributed by atoms with Gasteiger partial charge < -0.3 is 10.4 Å². The molecule has 26 heavy (non-hydrogen) atoms. The van der Waals surface area contributed by atoms with E-state index in [2.05, 4.69) is 32.8 Å². The molecule has 0 amide bonds. The van der Waals surface area contributed by atoms with E-state index in [-0.39, 0.29) is 0 Å². The van der Waals surface area contributed by atoms with Crippen molar-refractivity contribution >= 4 is 27.4 Å². The van der Waals surface area contributed by atoms with Gasteiger partial charge in [0.25, 0.3) is 0 Å². The Morgan fingerprint density at radius 1 is 1.00 bits per heavy atom. The SMILES string of the molecule is Cc1nc(NCCc2ccc(O)cc2)c2c(-c3ccccc3)csc2n1. The Labute approximate surface area is 156 Å². The van der Waals surface area contributed by atoms with E-state index in [0.29, 0.717) is 5.75 Å². The maximum atomic E-state index is 9.39. The Hall–Kier alpha value is -2.92. The molecule has 0 atom stereocenters. The second kappa shape index (κ2) is 7.14. The topological polar surface area (TPSA) is 58.0 Å². The number of phenols is 1. The molecule has 0 saturated heterocycles. The molecule has 0 aliphatic heterocycles. The third-order valence-electron chi connectivity index (χ3n) is 4.27. The molecule has 2 heterocycles. The molecule has 0 unspecified atom stereocenters. The van der Waals surface area contributed by atoms with E-state index in [0.717, 1.165) is 40.4 Å². The van der Waals surface area contributed by atoms with Crippen molar-refractivity contribution < 1.29 is 5.11 Å². The van der Waals surface area contributed by atoms with Crippen LogP contribution in [-0.4, -0.2) is 21.6 Å². The number of nitrogens with zero attached hydrogens (tertiary/aromatic N) is 2. The van der Waals surface area contributed by atoms with Crippen molar-refractivity contribution in [3.05, 3.63) is 71.4 Å². The van der Waals surface area contributed by atoms with Crippen molar-refractivity contribution in [3.63, 3.8) is 0 Å². The fourth-order valence-electron chi connectivity index (χ4n) is 2.99. The molecule has 0 aliphatic carbocycles. The normalized spacial score (nSPS) is 11.0. The van der Waals surface area contributed by atoms with E-state index in [1.807, 2.05) is 37.3 Å². The second-order valence-corrected chi connectivity index (χ2v) is 7.02. The highest BCUT2D eigenvalue weighted by Gasteiger charge is 2.14. The van der Waals surface area contributed by atoms with Gasteiger partial charge in [-0.1, -0.05) is 42.5 Å². The van der Waals surface area contributed by atoms with Crippen LogP contribution in [0.1, 0.15) is 11.4 Å². The lowest BCUT2D eigenvalue weighted by atomic mass is 10.1. The van der Waals surface area contributed by atoms with Gasteiger partial charge in [0.15, 0.2) is 0 Å². The standard InChI is InChI=1S/C21H19N3OS/c1-14-23-20(22-12-11-15-7-9-17(25)10-8-15)19-18(13-26-21(19)24-14)16-5-3-2-4-6-16/h2-10,13,25H,11-12H2,1H3,(H,22,23,24). The molecule has 0 spiro atoms. The molecule has 2 aromatic carbocycles. The minimum Gasteiger partial charge on any atom is -0.508 e. The van der Waals surface area contributed by atoms with Crippen LogP contribution in [0.3, 0.4) is 0 Å². The Kier molecular flexibility index (Phi) is 4.54. The Morgan fingerprint density at radius 3 is 2.54 bits per heavy atom. The molecule has 0 bridgehead atoms. The second-order valence-electron chi connectivity index (χ2n) is 6.16. The van der Waals surface area contributed by atoms with E-state index < -0.39 is 0 Å². The van der Waals surface area contributed by atoms with Gasteiger partial charge in [-0.3, -0.25) is 0 Å². The molecule has 130 valence electrons. The van der Waals surface area contributed by atoms with Gasteiger partial charge in [0.2, 0.25) is 0 Å². The summed E-state index contributed by atoms with van der Waals surface area (Å²) in [7, 11) is 0. The largest absolute Gasteiger partial charge is 0.508 e. The predicted octanol–water partition coefficient (Wildman–Crippen LogP) is 5.03. The van der Waals surface area contributed by atoms with Gasteiger partial charge in [0.05, 0.1) is 5.39 Å². The highest BCUT2D eigenvalue weighted by atomic mass is 32.1. The summed E-state index contributed by atoms with van der Waals surface area (Å²) in [6.07, 6.45) is 0.857. The fourth-order valence-corrected chi connectivity index (χ4v) is 3.99. The number of nitrogens with one attached hydrogen (secondary N) is 1. The van der Waals surface area contributed by atoms with E-state index >= 15 is 0 Å². The first-order valence-corrected chi connectivity index (χ1v) is 9.42. The minimum atomic E-state index is 0.292. The highest BCUT2D eigenvalue weighted by molar-refractivity contribution is 7.17. The summed E-state index contributed by atoms with van der Waals surface area (Å²) in [5.41, 5.74) is 3.51. The number of rotatable bonds is 5. The van der Waals surface area contributed by atoms with Crippen molar-refractivity contribution in [1.29, 1.82) is 0 Å². The number of aromatic hydroxyl groups is 1. The molecular formula is C21H19N3OS. The van der Waals surface area contributed by atoms with Crippen molar-refractivity contribution in [3.8, 4) is 16.9 Å². The first-order valence-electron chi connectivity index (χ1n) is 8.54. The summed E-state index contributed by atoms with van der Waals surface area (Å²) < 4.78 is 0. The average Bonchev–Trinajstić information content (AvgIpc) is 3.08. The predicted molar refractivity (Wildman–Crippen MR) is 108 cm³/mol. The molecule has 4 aromatic rings. The molecule has 0 radical (unpaired) electrons. The summed E-state index contributed by atoms with van der Waals surface area (Å²) >= 11 is 1.65. The molecular weight excluding hydrogens is 342 g/mol. The van der Waals surface area contributed by atoms with E-state index in [4.69, 9.17) is 0 Å². The first-order chi connectivity index (χ1) is 12.7. The van der Waals surface area contributed by atoms with E-state index in [1.165, 1.54) is 11.1 Å². The zero-order valence-electron chi connectivity index (χ0n) is 14.4. The van der Waals surface area contributed by atoms with Crippen LogP contribution in [0.4, 0.5) is 5.82 Å². The lowest BCUT2D eigenvalue weighted by molar-refractivity contribution is 0.475. The first kappa shape index (κ1) is 16.5. The summed E-state index contributed by atoms with van der Waals surface area (Å²) in [6, 6.07) is 17.7. The number of hydrogen-bond donors (Lipinski definition) is 2. The molecule has 0 fully saturated rings. The average molecular weight is 361 g/mol. The van der Waals surface area contributed by atoms with E-state index in [9.17, 15) is 5.11 Å². The zero-order valence-corrected chi connectivity index (χ0v) is 15.3. The number of benzene rings is 2. The van der Waals surface area contributed by atoms with Crippen molar-refractivity contribution in [1.82, 2.24) is 9.97 Å². The monoisotopic (exact) mass is 361 g/mol. The molecule has 2 aromatic heterocycles. The smallest absolute Gasteiger partial charge is 0.139 e. The van der Waals surface area contributed by atoms with Crippen molar-refractivity contribution in [2.24, 2.45) is 0 Å². The number of hydrogen-bond acceptors (Lipinski definition) is 5. The molecule has 0 saturated carbocycles. The zero-order chi connectivity index (χ0) is 17.9. The van der Waals surface area contributed by atoms with Crippen molar-refractivity contribution in [2.45, 2.75) is 13.3 Å². The molecule has 5 heteroatoms. The Balaban J connectivity index is 1.63. The van der Waals surface area contributed by atoms with E-state index in [1.54, 1.807) is 23.5 Å². The van der Waals surface area contributed by atoms with Crippen LogP contribution < -0.4 is 5.32 Å². The summed E-state index contributed by atoms with van der Waals surface area (Å²) in [5.74, 6) is 1.94. The van der Waals surface area contributed by atoms with Crippen LogP contribution in [0.25, 0.3) is 21.3 Å². The van der Waals surface area contributed by atoms with Crippen LogP contribution >= 0.6 is 11.3 Å². The number of thiophene rings is 1. The third-order valence-corrected chi connectivity index (χ3v) is 5.14. The maximum absolute atomic E-state index is 9.39. The van der Waals surface area contributed by atoms with Gasteiger partial charge in [-0.15, -0.1) is 11.3 Å². The van der Waals surface area contributed by atoms with Gasteiger partial charge in [0, 0.05) is 17.5 Å².